The quantitative estimate of drug-likeness (QED) is 0.797. The van der Waals surface area contributed by atoms with E-state index in [1.54, 1.807) is 23.5 Å². The maximum atomic E-state index is 11.8. The number of carbonyl (C=O) groups is 1. The number of benzene rings is 1. The van der Waals surface area contributed by atoms with E-state index in [2.05, 4.69) is 10.6 Å². The van der Waals surface area contributed by atoms with E-state index in [-0.39, 0.29) is 18.9 Å². The second kappa shape index (κ2) is 7.23. The fraction of sp³-hybridized carbons (Fsp3) is 0.312. The fourth-order valence-electron chi connectivity index (χ4n) is 2.16. The molecule has 0 unspecified atom stereocenters. The Morgan fingerprint density at radius 3 is 3.04 bits per heavy atom. The molecule has 2 aromatic rings. The molecule has 1 aromatic heterocycles. The van der Waals surface area contributed by atoms with Crippen molar-refractivity contribution in [1.82, 2.24) is 10.6 Å². The van der Waals surface area contributed by atoms with E-state index in [1.165, 1.54) is 0 Å². The molecule has 1 aromatic carbocycles. The van der Waals surface area contributed by atoms with Crippen LogP contribution in [-0.2, 0) is 0 Å². The van der Waals surface area contributed by atoms with Crippen LogP contribution in [0.3, 0.4) is 0 Å². The van der Waals surface area contributed by atoms with Crippen LogP contribution < -0.4 is 24.8 Å². The van der Waals surface area contributed by atoms with Crippen molar-refractivity contribution in [2.75, 3.05) is 19.9 Å². The molecule has 122 valence electrons. The van der Waals surface area contributed by atoms with Gasteiger partial charge in [0, 0.05) is 10.9 Å². The highest BCUT2D eigenvalue weighted by Gasteiger charge is 2.13. The van der Waals surface area contributed by atoms with E-state index in [0.717, 1.165) is 10.6 Å². The number of fused-ring (bicyclic) bond motifs is 1. The maximum Gasteiger partial charge on any atom is 0.315 e. The van der Waals surface area contributed by atoms with Gasteiger partial charge in [-0.2, -0.15) is 0 Å². The Balaban J connectivity index is 1.37. The van der Waals surface area contributed by atoms with Crippen LogP contribution in [0.2, 0.25) is 0 Å². The van der Waals surface area contributed by atoms with Crippen molar-refractivity contribution in [3.63, 3.8) is 0 Å². The van der Waals surface area contributed by atoms with Gasteiger partial charge in [-0.3, -0.25) is 0 Å². The topological polar surface area (TPSA) is 68.8 Å². The molecule has 0 aliphatic carbocycles. The minimum absolute atomic E-state index is 0.00946. The van der Waals surface area contributed by atoms with Gasteiger partial charge in [0.25, 0.3) is 0 Å². The Morgan fingerprint density at radius 1 is 1.35 bits per heavy atom. The largest absolute Gasteiger partial charge is 0.492 e. The van der Waals surface area contributed by atoms with Crippen molar-refractivity contribution >= 4 is 17.4 Å². The number of rotatable bonds is 6. The highest BCUT2D eigenvalue weighted by molar-refractivity contribution is 7.10. The van der Waals surface area contributed by atoms with Crippen LogP contribution >= 0.6 is 11.3 Å². The van der Waals surface area contributed by atoms with Gasteiger partial charge in [0.2, 0.25) is 6.79 Å². The van der Waals surface area contributed by atoms with E-state index >= 15 is 0 Å². The number of amides is 2. The predicted molar refractivity (Wildman–Crippen MR) is 87.3 cm³/mol. The molecule has 0 bridgehead atoms. The molecule has 3 rings (SSSR count). The molecule has 1 aliphatic heterocycles. The second-order valence-corrected chi connectivity index (χ2v) is 5.98. The minimum atomic E-state index is -0.208. The molecule has 2 amide bonds. The number of ether oxygens (including phenoxy) is 3. The zero-order valence-electron chi connectivity index (χ0n) is 12.7. The summed E-state index contributed by atoms with van der Waals surface area (Å²) < 4.78 is 16.1. The fourth-order valence-corrected chi connectivity index (χ4v) is 2.89. The van der Waals surface area contributed by atoms with Gasteiger partial charge in [0.15, 0.2) is 11.5 Å². The van der Waals surface area contributed by atoms with Crippen LogP contribution in [0, 0.1) is 0 Å². The first-order chi connectivity index (χ1) is 11.2. The molecule has 2 heterocycles. The van der Waals surface area contributed by atoms with E-state index in [0.29, 0.717) is 24.7 Å². The summed E-state index contributed by atoms with van der Waals surface area (Å²) in [5, 5.41) is 7.65. The number of nitrogens with one attached hydrogen (secondary N) is 2. The van der Waals surface area contributed by atoms with Crippen molar-refractivity contribution in [1.29, 1.82) is 0 Å². The lowest BCUT2D eigenvalue weighted by atomic mass is 10.3. The van der Waals surface area contributed by atoms with E-state index in [1.807, 2.05) is 30.5 Å². The third-order valence-electron chi connectivity index (χ3n) is 3.32. The van der Waals surface area contributed by atoms with Crippen LogP contribution in [-0.4, -0.2) is 26.0 Å². The zero-order chi connectivity index (χ0) is 16.1. The van der Waals surface area contributed by atoms with Gasteiger partial charge in [0.05, 0.1) is 12.6 Å². The summed E-state index contributed by atoms with van der Waals surface area (Å²) in [6.07, 6.45) is 0. The molecule has 0 radical (unpaired) electrons. The van der Waals surface area contributed by atoms with Crippen molar-refractivity contribution in [2.24, 2.45) is 0 Å². The van der Waals surface area contributed by atoms with Gasteiger partial charge in [-0.1, -0.05) is 6.07 Å². The van der Waals surface area contributed by atoms with Crippen molar-refractivity contribution in [3.8, 4) is 17.2 Å². The van der Waals surface area contributed by atoms with Crippen LogP contribution in [0.4, 0.5) is 4.79 Å². The molecular formula is C16H18N2O4S. The van der Waals surface area contributed by atoms with E-state index in [9.17, 15) is 4.79 Å². The van der Waals surface area contributed by atoms with Gasteiger partial charge in [-0.25, -0.2) is 4.79 Å². The third kappa shape index (κ3) is 4.07. The smallest absolute Gasteiger partial charge is 0.315 e. The summed E-state index contributed by atoms with van der Waals surface area (Å²) in [4.78, 5) is 12.9. The van der Waals surface area contributed by atoms with Gasteiger partial charge in [-0.05, 0) is 30.5 Å². The lowest BCUT2D eigenvalue weighted by molar-refractivity contribution is 0.173. The van der Waals surface area contributed by atoms with Crippen molar-refractivity contribution in [2.45, 2.75) is 13.0 Å². The van der Waals surface area contributed by atoms with Crippen LogP contribution in [0.1, 0.15) is 17.8 Å². The summed E-state index contributed by atoms with van der Waals surface area (Å²) in [5.74, 6) is 2.08. The van der Waals surface area contributed by atoms with Gasteiger partial charge < -0.3 is 24.8 Å². The SMILES string of the molecule is C[C@@H](NC(=O)NCCOc1ccc2c(c1)OCO2)c1cccs1. The maximum absolute atomic E-state index is 11.8. The first-order valence-electron chi connectivity index (χ1n) is 7.32. The standard InChI is InChI=1S/C16H18N2O4S/c1-11(15-3-2-8-23-15)18-16(19)17-6-7-20-12-4-5-13-14(9-12)22-10-21-13/h2-5,8-9,11H,6-7,10H2,1H3,(H2,17,18,19)/t11-/m1/s1. The Labute approximate surface area is 138 Å². The molecule has 7 heteroatoms. The molecule has 6 nitrogen and oxygen atoms in total. The summed E-state index contributed by atoms with van der Waals surface area (Å²) in [6.45, 7) is 2.98. The van der Waals surface area contributed by atoms with E-state index < -0.39 is 0 Å². The van der Waals surface area contributed by atoms with Crippen LogP contribution in [0.5, 0.6) is 17.2 Å². The minimum Gasteiger partial charge on any atom is -0.492 e. The molecule has 23 heavy (non-hydrogen) atoms. The normalized spacial score (nSPS) is 13.4. The van der Waals surface area contributed by atoms with Gasteiger partial charge in [-0.15, -0.1) is 11.3 Å². The highest BCUT2D eigenvalue weighted by Crippen LogP contribution is 2.34. The summed E-state index contributed by atoms with van der Waals surface area (Å²) in [6, 6.07) is 9.15. The summed E-state index contributed by atoms with van der Waals surface area (Å²) in [5.41, 5.74) is 0. The van der Waals surface area contributed by atoms with Crippen LogP contribution in [0.15, 0.2) is 35.7 Å². The molecule has 1 aliphatic rings. The van der Waals surface area contributed by atoms with Crippen LogP contribution in [0.25, 0.3) is 0 Å². The van der Waals surface area contributed by atoms with Crippen molar-refractivity contribution in [3.05, 3.63) is 40.6 Å². The number of urea groups is 1. The first kappa shape index (κ1) is 15.5. The molecule has 0 saturated carbocycles. The zero-order valence-corrected chi connectivity index (χ0v) is 13.5. The molecule has 0 fully saturated rings. The number of carbonyl (C=O) groups excluding carboxylic acids is 1. The monoisotopic (exact) mass is 334 g/mol. The summed E-state index contributed by atoms with van der Waals surface area (Å²) in [7, 11) is 0. The lowest BCUT2D eigenvalue weighted by Crippen LogP contribution is -2.38. The third-order valence-corrected chi connectivity index (χ3v) is 4.37. The molecule has 2 N–H and O–H groups in total. The summed E-state index contributed by atoms with van der Waals surface area (Å²) >= 11 is 1.62. The lowest BCUT2D eigenvalue weighted by Gasteiger charge is -2.13. The molecular weight excluding hydrogens is 316 g/mol. The number of hydrogen-bond donors (Lipinski definition) is 2. The Hall–Kier alpha value is -2.41. The average Bonchev–Trinajstić information content (AvgIpc) is 3.22. The predicted octanol–water partition coefficient (Wildman–Crippen LogP) is 2.92. The van der Waals surface area contributed by atoms with Crippen molar-refractivity contribution < 1.29 is 19.0 Å². The Morgan fingerprint density at radius 2 is 2.22 bits per heavy atom. The second-order valence-electron chi connectivity index (χ2n) is 5.00. The van der Waals surface area contributed by atoms with E-state index in [4.69, 9.17) is 14.2 Å². The first-order valence-corrected chi connectivity index (χ1v) is 8.20. The highest BCUT2D eigenvalue weighted by atomic mass is 32.1. The molecule has 0 spiro atoms. The number of hydrogen-bond acceptors (Lipinski definition) is 5. The Bertz CT molecular complexity index is 660. The van der Waals surface area contributed by atoms with Gasteiger partial charge in [0.1, 0.15) is 12.4 Å². The molecule has 1 atom stereocenters. The van der Waals surface area contributed by atoms with Gasteiger partial charge >= 0.3 is 6.03 Å². The Kier molecular flexibility index (Phi) is 4.87. The molecule has 0 saturated heterocycles. The average molecular weight is 334 g/mol. The number of thiophene rings is 1.